The van der Waals surface area contributed by atoms with Crippen LogP contribution >= 0.6 is 0 Å². The fourth-order valence-corrected chi connectivity index (χ4v) is 3.11. The van der Waals surface area contributed by atoms with E-state index in [0.29, 0.717) is 27.6 Å². The fourth-order valence-electron chi connectivity index (χ4n) is 3.11. The molecule has 9 nitrogen and oxygen atoms in total. The summed E-state index contributed by atoms with van der Waals surface area (Å²) in [6.07, 6.45) is 1.62. The average Bonchev–Trinajstić information content (AvgIpc) is 3.16. The molecule has 0 radical (unpaired) electrons. The molecule has 4 rings (SSSR count). The lowest BCUT2D eigenvalue weighted by atomic mass is 10.1. The number of anilines is 1. The Kier molecular flexibility index (Phi) is 4.80. The number of halogens is 1. The summed E-state index contributed by atoms with van der Waals surface area (Å²) in [5.74, 6) is -1.47. The van der Waals surface area contributed by atoms with Gasteiger partial charge in [-0.05, 0) is 23.8 Å². The Labute approximate surface area is 169 Å². The lowest BCUT2D eigenvalue weighted by Crippen LogP contribution is -2.19. The van der Waals surface area contributed by atoms with Crippen molar-refractivity contribution in [1.82, 2.24) is 20.2 Å². The minimum absolute atomic E-state index is 0.102. The number of benzene rings is 2. The van der Waals surface area contributed by atoms with E-state index >= 15 is 0 Å². The molecule has 6 N–H and O–H groups in total. The van der Waals surface area contributed by atoms with Crippen LogP contribution in [0.15, 0.2) is 48.7 Å². The van der Waals surface area contributed by atoms with Crippen LogP contribution in [0.2, 0.25) is 0 Å². The van der Waals surface area contributed by atoms with E-state index in [4.69, 9.17) is 11.5 Å². The van der Waals surface area contributed by atoms with Gasteiger partial charge in [-0.2, -0.15) is 0 Å². The number of hydrogen-bond acceptors (Lipinski definition) is 6. The van der Waals surface area contributed by atoms with Crippen LogP contribution in [0.4, 0.5) is 10.2 Å². The first-order valence-electron chi connectivity index (χ1n) is 8.87. The molecule has 0 unspecified atom stereocenters. The molecule has 30 heavy (non-hydrogen) atoms. The minimum atomic E-state index is -0.810. The van der Waals surface area contributed by atoms with Crippen molar-refractivity contribution in [1.29, 1.82) is 0 Å². The van der Waals surface area contributed by atoms with Crippen LogP contribution in [0, 0.1) is 5.82 Å². The summed E-state index contributed by atoms with van der Waals surface area (Å²) in [5.41, 5.74) is 12.1. The molecule has 2 heterocycles. The van der Waals surface area contributed by atoms with Crippen LogP contribution in [0.25, 0.3) is 22.3 Å². The molecular formula is C20H16FN7O2. The zero-order chi connectivity index (χ0) is 21.3. The van der Waals surface area contributed by atoms with Crippen molar-refractivity contribution >= 4 is 28.4 Å². The average molecular weight is 405 g/mol. The zero-order valence-electron chi connectivity index (χ0n) is 15.5. The second-order valence-electron chi connectivity index (χ2n) is 6.48. The van der Waals surface area contributed by atoms with E-state index < -0.39 is 11.8 Å². The van der Waals surface area contributed by atoms with Gasteiger partial charge in [0.15, 0.2) is 11.5 Å². The number of fused-ring (bicyclic) bond motifs is 1. The number of rotatable bonds is 6. The summed E-state index contributed by atoms with van der Waals surface area (Å²) >= 11 is 0. The summed E-state index contributed by atoms with van der Waals surface area (Å²) in [6, 6.07) is 11.1. The molecule has 2 amide bonds. The van der Waals surface area contributed by atoms with Crippen LogP contribution in [0.5, 0.6) is 0 Å². The summed E-state index contributed by atoms with van der Waals surface area (Å²) in [4.78, 5) is 30.8. The van der Waals surface area contributed by atoms with Gasteiger partial charge in [0.2, 0.25) is 11.7 Å². The lowest BCUT2D eigenvalue weighted by molar-refractivity contribution is 0.0989. The van der Waals surface area contributed by atoms with Gasteiger partial charge in [-0.25, -0.2) is 9.37 Å². The Morgan fingerprint density at radius 3 is 2.57 bits per heavy atom. The number of primary amides is 2. The number of aromatic amines is 1. The summed E-state index contributed by atoms with van der Waals surface area (Å²) in [7, 11) is 0. The van der Waals surface area contributed by atoms with E-state index in [-0.39, 0.29) is 29.7 Å². The molecule has 2 aromatic heterocycles. The van der Waals surface area contributed by atoms with Gasteiger partial charge in [-0.3, -0.25) is 9.59 Å². The predicted octanol–water partition coefficient (Wildman–Crippen LogP) is 1.97. The number of H-pyrrole nitrogens is 1. The van der Waals surface area contributed by atoms with Crippen LogP contribution in [-0.4, -0.2) is 32.0 Å². The van der Waals surface area contributed by atoms with Gasteiger partial charge in [0.05, 0.1) is 5.69 Å². The predicted molar refractivity (Wildman–Crippen MR) is 108 cm³/mol. The number of nitrogens with one attached hydrogen (secondary N) is 2. The highest BCUT2D eigenvalue weighted by molar-refractivity contribution is 6.09. The Morgan fingerprint density at radius 2 is 1.83 bits per heavy atom. The van der Waals surface area contributed by atoms with Gasteiger partial charge < -0.3 is 21.8 Å². The van der Waals surface area contributed by atoms with E-state index in [9.17, 15) is 14.0 Å². The van der Waals surface area contributed by atoms with Crippen molar-refractivity contribution in [2.45, 2.75) is 6.54 Å². The molecule has 0 fully saturated rings. The van der Waals surface area contributed by atoms with E-state index in [0.717, 1.165) is 0 Å². The lowest BCUT2D eigenvalue weighted by Gasteiger charge is -2.09. The number of aromatic nitrogens is 4. The first kappa shape index (κ1) is 19.0. The number of carbonyl (C=O) groups is 2. The van der Waals surface area contributed by atoms with Crippen LogP contribution < -0.4 is 16.8 Å². The number of carbonyl (C=O) groups excluding carboxylic acids is 2. The number of hydrogen-bond donors (Lipinski definition) is 4. The standard InChI is InChI=1S/C20H16FN7O2/c21-11-4-1-3-10(7-11)8-25-19-16(18(23)30)27-28-20(26-19)15-12-5-2-6-13(17(22)29)14(12)9-24-15/h1-7,9,24H,8H2,(H2,22,29)(H2,23,30)(H,25,26,28). The molecule has 10 heteroatoms. The van der Waals surface area contributed by atoms with Gasteiger partial charge >= 0.3 is 0 Å². The van der Waals surface area contributed by atoms with Crippen molar-refractivity contribution in [3.63, 3.8) is 0 Å². The van der Waals surface area contributed by atoms with Gasteiger partial charge in [0, 0.05) is 29.1 Å². The zero-order valence-corrected chi connectivity index (χ0v) is 15.5. The highest BCUT2D eigenvalue weighted by Gasteiger charge is 2.18. The maximum atomic E-state index is 13.4. The topological polar surface area (TPSA) is 153 Å². The Hall–Kier alpha value is -4.34. The molecule has 0 aliphatic heterocycles. The second-order valence-corrected chi connectivity index (χ2v) is 6.48. The third-order valence-corrected chi connectivity index (χ3v) is 4.49. The third kappa shape index (κ3) is 3.53. The number of nitrogens with zero attached hydrogens (tertiary/aromatic N) is 3. The van der Waals surface area contributed by atoms with Crippen LogP contribution in [-0.2, 0) is 6.54 Å². The summed E-state index contributed by atoms with van der Waals surface area (Å²) < 4.78 is 13.4. The summed E-state index contributed by atoms with van der Waals surface area (Å²) in [5, 5.41) is 12.1. The molecule has 150 valence electrons. The molecular weight excluding hydrogens is 389 g/mol. The van der Waals surface area contributed by atoms with Gasteiger partial charge in [0.1, 0.15) is 5.82 Å². The Morgan fingerprint density at radius 1 is 1.03 bits per heavy atom. The van der Waals surface area contributed by atoms with Crippen molar-refractivity contribution < 1.29 is 14.0 Å². The maximum Gasteiger partial charge on any atom is 0.273 e. The molecule has 0 aliphatic carbocycles. The molecule has 2 aromatic carbocycles. The molecule has 0 saturated heterocycles. The van der Waals surface area contributed by atoms with E-state index in [1.165, 1.54) is 12.1 Å². The van der Waals surface area contributed by atoms with E-state index in [2.05, 4.69) is 25.5 Å². The van der Waals surface area contributed by atoms with Crippen molar-refractivity contribution in [3.8, 4) is 11.5 Å². The second kappa shape index (κ2) is 7.59. The maximum absolute atomic E-state index is 13.4. The van der Waals surface area contributed by atoms with Crippen molar-refractivity contribution in [2.75, 3.05) is 5.32 Å². The highest BCUT2D eigenvalue weighted by Crippen LogP contribution is 2.28. The molecule has 0 saturated carbocycles. The van der Waals surface area contributed by atoms with Crippen molar-refractivity contribution in [3.05, 3.63) is 71.3 Å². The molecule has 0 atom stereocenters. The van der Waals surface area contributed by atoms with Gasteiger partial charge in [-0.1, -0.05) is 24.3 Å². The Bertz CT molecular complexity index is 1290. The quantitative estimate of drug-likeness (QED) is 0.385. The van der Waals surface area contributed by atoms with Gasteiger partial charge in [0.25, 0.3) is 5.91 Å². The monoisotopic (exact) mass is 405 g/mol. The smallest absolute Gasteiger partial charge is 0.273 e. The minimum Gasteiger partial charge on any atom is -0.366 e. The van der Waals surface area contributed by atoms with Crippen molar-refractivity contribution in [2.24, 2.45) is 11.5 Å². The first-order chi connectivity index (χ1) is 14.4. The Balaban J connectivity index is 1.74. The highest BCUT2D eigenvalue weighted by atomic mass is 19.1. The van der Waals surface area contributed by atoms with Gasteiger partial charge in [-0.15, -0.1) is 10.2 Å². The summed E-state index contributed by atoms with van der Waals surface area (Å²) in [6.45, 7) is 0.188. The van der Waals surface area contributed by atoms with Crippen LogP contribution in [0.3, 0.4) is 0 Å². The largest absolute Gasteiger partial charge is 0.366 e. The van der Waals surface area contributed by atoms with E-state index in [1.807, 2.05) is 0 Å². The number of amides is 2. The molecule has 4 aromatic rings. The fraction of sp³-hybridized carbons (Fsp3) is 0.0500. The third-order valence-electron chi connectivity index (χ3n) is 4.49. The normalized spacial score (nSPS) is 10.8. The van der Waals surface area contributed by atoms with E-state index in [1.54, 1.807) is 36.5 Å². The number of nitrogens with two attached hydrogens (primary N) is 2. The molecule has 0 aliphatic rings. The first-order valence-corrected chi connectivity index (χ1v) is 8.87. The van der Waals surface area contributed by atoms with Crippen LogP contribution in [0.1, 0.15) is 26.4 Å². The molecule has 0 spiro atoms. The SMILES string of the molecule is NC(=O)c1nnc(-c2[nH]cc3c(C(N)=O)cccc23)nc1NCc1cccc(F)c1. The molecule has 0 bridgehead atoms.